The van der Waals surface area contributed by atoms with E-state index < -0.39 is 0 Å². The first kappa shape index (κ1) is 18.3. The third kappa shape index (κ3) is 4.96. The summed E-state index contributed by atoms with van der Waals surface area (Å²) in [6.07, 6.45) is 3.33. The Morgan fingerprint density at radius 2 is 2.00 bits per heavy atom. The Hall–Kier alpha value is -2.08. The molecule has 6 nitrogen and oxygen atoms in total. The van der Waals surface area contributed by atoms with Crippen LogP contribution in [0.15, 0.2) is 18.2 Å². The molecule has 2 rings (SSSR count). The second kappa shape index (κ2) is 8.68. The number of benzene rings is 1. The van der Waals surface area contributed by atoms with Crippen LogP contribution < -0.4 is 16.0 Å². The van der Waals surface area contributed by atoms with E-state index in [-0.39, 0.29) is 17.9 Å². The van der Waals surface area contributed by atoms with Crippen molar-refractivity contribution in [3.05, 3.63) is 23.8 Å². The Labute approximate surface area is 144 Å². The zero-order valence-corrected chi connectivity index (χ0v) is 14.8. The molecule has 1 aromatic rings. The number of anilines is 2. The fourth-order valence-electron chi connectivity index (χ4n) is 2.65. The Morgan fingerprint density at radius 1 is 1.25 bits per heavy atom. The van der Waals surface area contributed by atoms with Crippen LogP contribution in [0.4, 0.5) is 11.4 Å². The average molecular weight is 332 g/mol. The van der Waals surface area contributed by atoms with Gasteiger partial charge in [0.05, 0.1) is 11.4 Å². The summed E-state index contributed by atoms with van der Waals surface area (Å²) in [5.41, 5.74) is 2.06. The van der Waals surface area contributed by atoms with Gasteiger partial charge >= 0.3 is 0 Å². The van der Waals surface area contributed by atoms with Gasteiger partial charge in [-0.05, 0) is 58.1 Å². The van der Waals surface area contributed by atoms with Gasteiger partial charge in [-0.25, -0.2) is 0 Å². The van der Waals surface area contributed by atoms with Crippen LogP contribution in [0.2, 0.25) is 0 Å². The molecule has 132 valence electrons. The molecule has 0 radical (unpaired) electrons. The van der Waals surface area contributed by atoms with E-state index in [1.807, 2.05) is 6.07 Å². The standard InChI is InChI=1S/C18H28N4O2/c1-4-5-10-22(3)11-6-9-19-18(24)14-7-8-15-16(12-14)21-17(23)13(2)20-15/h7-8,12-13,20H,4-6,9-11H2,1-3H3,(H,19,24)(H,21,23)/t13-/m0/s1. The van der Waals surface area contributed by atoms with E-state index >= 15 is 0 Å². The highest BCUT2D eigenvalue weighted by molar-refractivity contribution is 6.05. The first-order chi connectivity index (χ1) is 11.5. The minimum Gasteiger partial charge on any atom is -0.372 e. The first-order valence-corrected chi connectivity index (χ1v) is 8.69. The third-order valence-corrected chi connectivity index (χ3v) is 4.20. The molecule has 0 saturated carbocycles. The molecule has 1 aliphatic heterocycles. The molecule has 6 heteroatoms. The van der Waals surface area contributed by atoms with E-state index in [4.69, 9.17) is 0 Å². The molecule has 0 bridgehead atoms. The van der Waals surface area contributed by atoms with Crippen LogP contribution in [0, 0.1) is 0 Å². The van der Waals surface area contributed by atoms with E-state index in [1.54, 1.807) is 19.1 Å². The monoisotopic (exact) mass is 332 g/mol. The molecule has 0 aromatic heterocycles. The minimum absolute atomic E-state index is 0.0878. The van der Waals surface area contributed by atoms with Gasteiger partial charge in [-0.15, -0.1) is 0 Å². The number of nitrogens with zero attached hydrogens (tertiary/aromatic N) is 1. The summed E-state index contributed by atoms with van der Waals surface area (Å²) >= 11 is 0. The van der Waals surface area contributed by atoms with Gasteiger partial charge in [0, 0.05) is 12.1 Å². The Kier molecular flexibility index (Phi) is 6.61. The molecular weight excluding hydrogens is 304 g/mol. The van der Waals surface area contributed by atoms with Crippen molar-refractivity contribution in [1.29, 1.82) is 0 Å². The predicted octanol–water partition coefficient (Wildman–Crippen LogP) is 2.29. The molecule has 1 aliphatic rings. The smallest absolute Gasteiger partial charge is 0.251 e. The van der Waals surface area contributed by atoms with E-state index in [0.29, 0.717) is 17.8 Å². The molecule has 1 atom stereocenters. The lowest BCUT2D eigenvalue weighted by Crippen LogP contribution is -2.36. The van der Waals surface area contributed by atoms with Gasteiger partial charge in [-0.2, -0.15) is 0 Å². The normalized spacial score (nSPS) is 16.3. The van der Waals surface area contributed by atoms with E-state index in [2.05, 4.69) is 34.8 Å². The molecule has 3 N–H and O–H groups in total. The highest BCUT2D eigenvalue weighted by Gasteiger charge is 2.22. The topological polar surface area (TPSA) is 73.5 Å². The zero-order chi connectivity index (χ0) is 17.5. The van der Waals surface area contributed by atoms with Crippen molar-refractivity contribution < 1.29 is 9.59 Å². The van der Waals surface area contributed by atoms with Gasteiger partial charge in [-0.1, -0.05) is 13.3 Å². The summed E-state index contributed by atoms with van der Waals surface area (Å²) in [5.74, 6) is -0.197. The second-order valence-corrected chi connectivity index (χ2v) is 6.38. The van der Waals surface area contributed by atoms with Gasteiger partial charge in [0.15, 0.2) is 0 Å². The Bertz CT molecular complexity index is 588. The Morgan fingerprint density at radius 3 is 2.75 bits per heavy atom. The summed E-state index contributed by atoms with van der Waals surface area (Å²) in [7, 11) is 2.11. The van der Waals surface area contributed by atoms with Crippen LogP contribution in [0.5, 0.6) is 0 Å². The van der Waals surface area contributed by atoms with Gasteiger partial charge in [0.1, 0.15) is 6.04 Å². The van der Waals surface area contributed by atoms with Crippen molar-refractivity contribution in [2.75, 3.05) is 37.3 Å². The van der Waals surface area contributed by atoms with Crippen LogP contribution in [-0.4, -0.2) is 49.4 Å². The van der Waals surface area contributed by atoms with E-state index in [0.717, 1.165) is 25.2 Å². The summed E-state index contributed by atoms with van der Waals surface area (Å²) in [4.78, 5) is 26.2. The van der Waals surface area contributed by atoms with Gasteiger partial charge in [0.2, 0.25) is 5.91 Å². The predicted molar refractivity (Wildman–Crippen MR) is 97.5 cm³/mol. The number of hydrogen-bond donors (Lipinski definition) is 3. The summed E-state index contributed by atoms with van der Waals surface area (Å²) in [5, 5.41) is 8.86. The molecule has 0 saturated heterocycles. The van der Waals surface area contributed by atoms with Crippen LogP contribution in [0.1, 0.15) is 43.5 Å². The van der Waals surface area contributed by atoms with Crippen LogP contribution in [0.3, 0.4) is 0 Å². The number of carbonyl (C=O) groups excluding carboxylic acids is 2. The van der Waals surface area contributed by atoms with Crippen LogP contribution >= 0.6 is 0 Å². The van der Waals surface area contributed by atoms with Crippen molar-refractivity contribution in [3.8, 4) is 0 Å². The Balaban J connectivity index is 1.81. The number of unbranched alkanes of at least 4 members (excludes halogenated alkanes) is 1. The van der Waals surface area contributed by atoms with Crippen molar-refractivity contribution in [2.24, 2.45) is 0 Å². The maximum Gasteiger partial charge on any atom is 0.251 e. The number of nitrogens with one attached hydrogen (secondary N) is 3. The molecule has 24 heavy (non-hydrogen) atoms. The fourth-order valence-corrected chi connectivity index (χ4v) is 2.65. The van der Waals surface area contributed by atoms with Crippen molar-refractivity contribution in [3.63, 3.8) is 0 Å². The van der Waals surface area contributed by atoms with Gasteiger partial charge in [-0.3, -0.25) is 9.59 Å². The number of carbonyl (C=O) groups is 2. The zero-order valence-electron chi connectivity index (χ0n) is 14.8. The maximum absolute atomic E-state index is 12.2. The second-order valence-electron chi connectivity index (χ2n) is 6.38. The summed E-state index contributed by atoms with van der Waals surface area (Å²) < 4.78 is 0. The lowest BCUT2D eigenvalue weighted by molar-refractivity contribution is -0.116. The van der Waals surface area contributed by atoms with Crippen molar-refractivity contribution >= 4 is 23.2 Å². The minimum atomic E-state index is -0.262. The molecule has 2 amide bonds. The quantitative estimate of drug-likeness (QED) is 0.639. The molecule has 0 aliphatic carbocycles. The molecule has 0 fully saturated rings. The SMILES string of the molecule is CCCCN(C)CCCNC(=O)c1ccc2c(c1)NC(=O)[C@H](C)N2. The lowest BCUT2D eigenvalue weighted by Gasteiger charge is -2.24. The molecule has 0 unspecified atom stereocenters. The first-order valence-electron chi connectivity index (χ1n) is 8.69. The molecule has 0 spiro atoms. The van der Waals surface area contributed by atoms with Gasteiger partial charge in [0.25, 0.3) is 5.91 Å². The number of rotatable bonds is 8. The highest BCUT2D eigenvalue weighted by atomic mass is 16.2. The lowest BCUT2D eigenvalue weighted by atomic mass is 10.1. The molecule has 1 heterocycles. The molecule has 1 aromatic carbocycles. The number of fused-ring (bicyclic) bond motifs is 1. The number of amides is 2. The van der Waals surface area contributed by atoms with Crippen molar-refractivity contribution in [2.45, 2.75) is 39.2 Å². The third-order valence-electron chi connectivity index (χ3n) is 4.20. The van der Waals surface area contributed by atoms with Crippen LogP contribution in [-0.2, 0) is 4.79 Å². The van der Waals surface area contributed by atoms with Crippen LogP contribution in [0.25, 0.3) is 0 Å². The van der Waals surface area contributed by atoms with Crippen molar-refractivity contribution in [1.82, 2.24) is 10.2 Å². The van der Waals surface area contributed by atoms with E-state index in [1.165, 1.54) is 12.8 Å². The highest BCUT2D eigenvalue weighted by Crippen LogP contribution is 2.27. The fraction of sp³-hybridized carbons (Fsp3) is 0.556. The molecular formula is C18H28N4O2. The van der Waals surface area contributed by atoms with E-state index in [9.17, 15) is 9.59 Å². The largest absolute Gasteiger partial charge is 0.372 e. The summed E-state index contributed by atoms with van der Waals surface area (Å²) in [6, 6.07) is 5.06. The maximum atomic E-state index is 12.2. The van der Waals surface area contributed by atoms with Gasteiger partial charge < -0.3 is 20.9 Å². The summed E-state index contributed by atoms with van der Waals surface area (Å²) in [6.45, 7) is 6.71. The number of hydrogen-bond acceptors (Lipinski definition) is 4. The average Bonchev–Trinajstić information content (AvgIpc) is 2.57.